The average molecular weight is 706 g/mol. The highest BCUT2D eigenvalue weighted by Gasteiger charge is 2.31. The molecule has 3 heterocycles. The third-order valence-electron chi connectivity index (χ3n) is 8.30. The van der Waals surface area contributed by atoms with Crippen LogP contribution in [-0.2, 0) is 22.6 Å². The number of para-hydroxylation sites is 1. The lowest BCUT2D eigenvalue weighted by Gasteiger charge is -2.39. The van der Waals surface area contributed by atoms with Crippen molar-refractivity contribution >= 4 is 57.6 Å². The van der Waals surface area contributed by atoms with E-state index in [9.17, 15) is 14.4 Å². The van der Waals surface area contributed by atoms with Gasteiger partial charge in [0.1, 0.15) is 17.1 Å². The van der Waals surface area contributed by atoms with E-state index in [0.29, 0.717) is 47.9 Å². The Kier molecular flexibility index (Phi) is 11.1. The minimum Gasteiger partial charge on any atom is -0.495 e. The van der Waals surface area contributed by atoms with Crippen molar-refractivity contribution in [1.29, 1.82) is 0 Å². The molecule has 0 bridgehead atoms. The first-order valence-corrected chi connectivity index (χ1v) is 16.3. The molecule has 0 aliphatic carbocycles. The monoisotopic (exact) mass is 704 g/mol. The van der Waals surface area contributed by atoms with E-state index in [4.69, 9.17) is 37.7 Å². The molecular weight excluding hydrogens is 667 g/mol. The van der Waals surface area contributed by atoms with Crippen LogP contribution in [0.4, 0.5) is 11.6 Å². The molecule has 1 N–H and O–H groups in total. The molecule has 0 radical (unpaired) electrons. The number of aryl methyl sites for hydroxylation is 1. The van der Waals surface area contributed by atoms with Crippen molar-refractivity contribution in [3.63, 3.8) is 0 Å². The number of carbonyl (C=O) groups is 2. The second kappa shape index (κ2) is 15.2. The summed E-state index contributed by atoms with van der Waals surface area (Å²) in [7, 11) is 6.79. The summed E-state index contributed by atoms with van der Waals surface area (Å²) in [6.07, 6.45) is 6.46. The van der Waals surface area contributed by atoms with Gasteiger partial charge in [-0.1, -0.05) is 54.1 Å². The normalized spacial score (nSPS) is 13.2. The van der Waals surface area contributed by atoms with Crippen molar-refractivity contribution in [2.45, 2.75) is 19.9 Å². The molecule has 0 unspecified atom stereocenters. The molecule has 1 saturated heterocycles. The molecule has 0 spiro atoms. The number of nitrogens with one attached hydrogen (secondary N) is 1. The van der Waals surface area contributed by atoms with Gasteiger partial charge in [0.2, 0.25) is 11.9 Å². The number of halogens is 2. The highest BCUT2D eigenvalue weighted by atomic mass is 35.5. The second-order valence-corrected chi connectivity index (χ2v) is 12.8. The van der Waals surface area contributed by atoms with Gasteiger partial charge in [-0.25, -0.2) is 4.98 Å². The molecule has 2 aromatic carbocycles. The first-order valence-electron chi connectivity index (χ1n) is 15.6. The van der Waals surface area contributed by atoms with Crippen molar-refractivity contribution in [1.82, 2.24) is 24.3 Å². The molecular formula is C36H38Cl2N6O5. The number of nitrogens with zero attached hydrogens (tertiary/aromatic N) is 5. The minimum atomic E-state index is -0.389. The molecule has 2 aromatic heterocycles. The molecule has 13 heteroatoms. The molecule has 1 aliphatic rings. The van der Waals surface area contributed by atoms with Crippen LogP contribution in [0.3, 0.4) is 0 Å². The second-order valence-electron chi connectivity index (χ2n) is 12.1. The van der Waals surface area contributed by atoms with Crippen LogP contribution < -0.4 is 20.3 Å². The van der Waals surface area contributed by atoms with Gasteiger partial charge in [0.05, 0.1) is 29.8 Å². The Morgan fingerprint density at radius 2 is 1.82 bits per heavy atom. The predicted octanol–water partition coefficient (Wildman–Crippen LogP) is 5.71. The lowest BCUT2D eigenvalue weighted by atomic mass is 9.99. The molecule has 4 aromatic rings. The zero-order valence-electron chi connectivity index (χ0n) is 28.0. The van der Waals surface area contributed by atoms with Crippen molar-refractivity contribution in [2.24, 2.45) is 5.92 Å². The standard InChI is InChI=1S/C36H38Cl2N6O5/c1-7-25(45)14-23-11-8-10-21(2)33(23)40-36-39-17-24-15-26(30-31(37)27(48-5)16-28(49-6)32(30)38)35(47)44(34(24)41-36)20-22-18-43(19-22)29(46)12-9-13-42(3)4/h7-12,15-17,22H,1,13-14,18-20H2,2-6H3,(H,39,40,41)/b12-9+. The van der Waals surface area contributed by atoms with E-state index in [2.05, 4.69) is 16.9 Å². The molecule has 11 nitrogen and oxygen atoms in total. The van der Waals surface area contributed by atoms with Crippen LogP contribution in [0.1, 0.15) is 11.1 Å². The average Bonchev–Trinajstić information content (AvgIpc) is 3.05. The Balaban J connectivity index is 1.59. The number of pyridine rings is 1. The van der Waals surface area contributed by atoms with Gasteiger partial charge in [-0.3, -0.25) is 19.0 Å². The Bertz CT molecular complexity index is 1990. The van der Waals surface area contributed by atoms with Crippen LogP contribution >= 0.6 is 23.2 Å². The summed E-state index contributed by atoms with van der Waals surface area (Å²) < 4.78 is 12.5. The minimum absolute atomic E-state index is 0.0209. The van der Waals surface area contributed by atoms with Crippen molar-refractivity contribution in [3.05, 3.63) is 92.9 Å². The van der Waals surface area contributed by atoms with Crippen molar-refractivity contribution < 1.29 is 19.1 Å². The summed E-state index contributed by atoms with van der Waals surface area (Å²) in [6, 6.07) is 8.86. The number of fused-ring (bicyclic) bond motifs is 1. The molecule has 0 atom stereocenters. The zero-order chi connectivity index (χ0) is 35.4. The third-order valence-corrected chi connectivity index (χ3v) is 9.05. The van der Waals surface area contributed by atoms with Crippen LogP contribution in [0.15, 0.2) is 66.1 Å². The number of aromatic nitrogens is 3. The van der Waals surface area contributed by atoms with Gasteiger partial charge in [-0.2, -0.15) is 4.98 Å². The highest BCUT2D eigenvalue weighted by Crippen LogP contribution is 2.45. The summed E-state index contributed by atoms with van der Waals surface area (Å²) in [6.45, 7) is 7.37. The number of benzene rings is 2. The Morgan fingerprint density at radius 3 is 2.45 bits per heavy atom. The maximum atomic E-state index is 14.5. The summed E-state index contributed by atoms with van der Waals surface area (Å²) in [5, 5.41) is 4.13. The Hall–Kier alpha value is -4.71. The number of likely N-dealkylation sites (tertiary alicyclic amines) is 1. The van der Waals surface area contributed by atoms with Crippen LogP contribution in [0.25, 0.3) is 22.2 Å². The van der Waals surface area contributed by atoms with Crippen LogP contribution in [0.5, 0.6) is 11.5 Å². The topological polar surface area (TPSA) is 119 Å². The number of likely N-dealkylation sites (N-methyl/N-ethyl adjacent to an activating group) is 1. The number of hydrogen-bond acceptors (Lipinski definition) is 9. The first-order chi connectivity index (χ1) is 23.4. The van der Waals surface area contributed by atoms with Crippen molar-refractivity contribution in [3.8, 4) is 22.6 Å². The number of amides is 1. The number of allylic oxidation sites excluding steroid dienone is 1. The fourth-order valence-electron chi connectivity index (χ4n) is 5.71. The summed E-state index contributed by atoms with van der Waals surface area (Å²) in [4.78, 5) is 52.5. The number of anilines is 2. The van der Waals surface area contributed by atoms with Gasteiger partial charge in [0.25, 0.3) is 5.56 Å². The quantitative estimate of drug-likeness (QED) is 0.175. The fourth-order valence-corrected chi connectivity index (χ4v) is 6.41. The fraction of sp³-hybridized carbons (Fsp3) is 0.306. The van der Waals surface area contributed by atoms with Gasteiger partial charge in [0.15, 0.2) is 5.78 Å². The van der Waals surface area contributed by atoms with E-state index in [1.54, 1.807) is 33.9 Å². The van der Waals surface area contributed by atoms with Gasteiger partial charge < -0.3 is 24.6 Å². The van der Waals surface area contributed by atoms with E-state index in [-0.39, 0.29) is 63.3 Å². The van der Waals surface area contributed by atoms with E-state index in [1.165, 1.54) is 20.3 Å². The molecule has 1 aliphatic heterocycles. The lowest BCUT2D eigenvalue weighted by molar-refractivity contribution is -0.132. The maximum absolute atomic E-state index is 14.5. The van der Waals surface area contributed by atoms with Gasteiger partial charge in [-0.05, 0) is 44.3 Å². The molecule has 0 saturated carbocycles. The summed E-state index contributed by atoms with van der Waals surface area (Å²) >= 11 is 13.5. The number of ketones is 1. The van der Waals surface area contributed by atoms with Crippen LogP contribution in [0, 0.1) is 12.8 Å². The number of rotatable bonds is 13. The third kappa shape index (κ3) is 7.64. The zero-order valence-corrected chi connectivity index (χ0v) is 29.6. The van der Waals surface area contributed by atoms with Gasteiger partial charge in [-0.15, -0.1) is 0 Å². The van der Waals surface area contributed by atoms with Crippen LogP contribution in [-0.4, -0.2) is 84.0 Å². The van der Waals surface area contributed by atoms with E-state index in [0.717, 1.165) is 11.1 Å². The molecule has 1 fully saturated rings. The number of methoxy groups -OCH3 is 2. The number of carbonyl (C=O) groups excluding carboxylic acids is 2. The molecule has 49 heavy (non-hydrogen) atoms. The summed E-state index contributed by atoms with van der Waals surface area (Å²) in [5.74, 6) is 0.599. The molecule has 5 rings (SSSR count). The highest BCUT2D eigenvalue weighted by molar-refractivity contribution is 6.41. The number of ether oxygens (including phenoxy) is 2. The number of hydrogen-bond donors (Lipinski definition) is 1. The maximum Gasteiger partial charge on any atom is 0.260 e. The largest absolute Gasteiger partial charge is 0.495 e. The first kappa shape index (κ1) is 35.6. The van der Waals surface area contributed by atoms with E-state index >= 15 is 0 Å². The lowest BCUT2D eigenvalue weighted by Crippen LogP contribution is -2.51. The Labute approximate surface area is 294 Å². The smallest absolute Gasteiger partial charge is 0.260 e. The molecule has 1 amide bonds. The molecule has 256 valence electrons. The van der Waals surface area contributed by atoms with E-state index < -0.39 is 0 Å². The SMILES string of the molecule is C=CC(=O)Cc1cccc(C)c1Nc1ncc2cc(-c3c(Cl)c(OC)cc(OC)c3Cl)c(=O)n(CC3CN(C(=O)/C=C/CN(C)C)C3)c2n1. The predicted molar refractivity (Wildman–Crippen MR) is 193 cm³/mol. The Morgan fingerprint density at radius 1 is 1.12 bits per heavy atom. The summed E-state index contributed by atoms with van der Waals surface area (Å²) in [5.41, 5.74) is 2.81. The van der Waals surface area contributed by atoms with Gasteiger partial charge >= 0.3 is 0 Å². The van der Waals surface area contributed by atoms with Crippen LogP contribution in [0.2, 0.25) is 10.0 Å². The van der Waals surface area contributed by atoms with Crippen molar-refractivity contribution in [2.75, 3.05) is 53.3 Å². The van der Waals surface area contributed by atoms with E-state index in [1.807, 2.05) is 50.2 Å². The van der Waals surface area contributed by atoms with Gasteiger partial charge in [0, 0.05) is 73.5 Å².